The zero-order valence-corrected chi connectivity index (χ0v) is 10.3. The Labute approximate surface area is 100 Å². The van der Waals surface area contributed by atoms with Crippen molar-refractivity contribution in [1.29, 1.82) is 0 Å². The normalized spacial score (nSPS) is 14.1. The first kappa shape index (κ1) is 13.6. The van der Waals surface area contributed by atoms with Gasteiger partial charge in [0.25, 0.3) is 0 Å². The van der Waals surface area contributed by atoms with Crippen LogP contribution in [-0.2, 0) is 15.1 Å². The van der Waals surface area contributed by atoms with Crippen molar-refractivity contribution in [3.63, 3.8) is 0 Å². The fourth-order valence-corrected chi connectivity index (χ4v) is 1.73. The van der Waals surface area contributed by atoms with E-state index in [1.807, 2.05) is 13.8 Å². The molecule has 0 spiro atoms. The molecule has 94 valence electrons. The maximum Gasteiger partial charge on any atom is 0.307 e. The Bertz CT molecular complexity index is 398. The van der Waals surface area contributed by atoms with Gasteiger partial charge in [-0.15, -0.1) is 0 Å². The molecule has 5 heteroatoms. The first-order valence-electron chi connectivity index (χ1n) is 5.44. The molecular formula is C12H17FN2O2. The van der Waals surface area contributed by atoms with Gasteiger partial charge >= 0.3 is 5.97 Å². The van der Waals surface area contributed by atoms with E-state index in [1.54, 1.807) is 6.20 Å². The van der Waals surface area contributed by atoms with Crippen LogP contribution in [-0.4, -0.2) is 24.6 Å². The zero-order valence-electron chi connectivity index (χ0n) is 10.3. The van der Waals surface area contributed by atoms with E-state index >= 15 is 0 Å². The molecule has 0 aromatic carbocycles. The molecule has 0 fully saturated rings. The van der Waals surface area contributed by atoms with Crippen molar-refractivity contribution in [2.75, 3.05) is 13.7 Å². The summed E-state index contributed by atoms with van der Waals surface area (Å²) in [5.41, 5.74) is -0.0403. The molecule has 1 heterocycles. The second kappa shape index (κ2) is 5.72. The fraction of sp³-hybridized carbons (Fsp3) is 0.500. The number of carbonyl (C=O) groups is 1. The highest BCUT2D eigenvalue weighted by atomic mass is 19.1. The highest BCUT2D eigenvalue weighted by molar-refractivity contribution is 5.71. The van der Waals surface area contributed by atoms with E-state index in [0.717, 1.165) is 6.20 Å². The van der Waals surface area contributed by atoms with Gasteiger partial charge in [-0.25, -0.2) is 4.39 Å². The first-order chi connectivity index (χ1) is 8.01. The lowest BCUT2D eigenvalue weighted by molar-refractivity contribution is -0.142. The van der Waals surface area contributed by atoms with Crippen LogP contribution in [0, 0.1) is 5.82 Å². The largest absolute Gasteiger partial charge is 0.469 e. The maximum absolute atomic E-state index is 13.2. The summed E-state index contributed by atoms with van der Waals surface area (Å²) in [4.78, 5) is 15.2. The smallest absolute Gasteiger partial charge is 0.307 e. The topological polar surface area (TPSA) is 51.2 Å². The van der Waals surface area contributed by atoms with Crippen LogP contribution in [0.4, 0.5) is 4.39 Å². The SMILES string of the molecule is CCNC(C)(CC(=O)OC)c1cncc(F)c1. The van der Waals surface area contributed by atoms with Gasteiger partial charge < -0.3 is 10.1 Å². The van der Waals surface area contributed by atoms with Gasteiger partial charge in [0, 0.05) is 6.20 Å². The van der Waals surface area contributed by atoms with Gasteiger partial charge in [0.05, 0.1) is 25.3 Å². The highest BCUT2D eigenvalue weighted by Crippen LogP contribution is 2.24. The second-order valence-corrected chi connectivity index (χ2v) is 4.01. The molecule has 0 radical (unpaired) electrons. The average Bonchev–Trinajstić information content (AvgIpc) is 2.29. The summed E-state index contributed by atoms with van der Waals surface area (Å²) < 4.78 is 17.8. The van der Waals surface area contributed by atoms with Crippen LogP contribution >= 0.6 is 0 Å². The van der Waals surface area contributed by atoms with Crippen LogP contribution in [0.5, 0.6) is 0 Å². The Kier molecular flexibility index (Phi) is 4.57. The average molecular weight is 240 g/mol. The molecule has 0 bridgehead atoms. The van der Waals surface area contributed by atoms with Crippen molar-refractivity contribution in [2.24, 2.45) is 0 Å². The van der Waals surface area contributed by atoms with Crippen molar-refractivity contribution in [3.8, 4) is 0 Å². The van der Waals surface area contributed by atoms with Crippen LogP contribution in [0.1, 0.15) is 25.8 Å². The molecule has 0 saturated carbocycles. The molecule has 1 atom stereocenters. The molecular weight excluding hydrogens is 223 g/mol. The number of hydrogen-bond acceptors (Lipinski definition) is 4. The molecule has 0 aliphatic heterocycles. The Morgan fingerprint density at radius 3 is 2.82 bits per heavy atom. The Balaban J connectivity index is 3.01. The molecule has 0 aliphatic rings. The van der Waals surface area contributed by atoms with Gasteiger partial charge in [-0.2, -0.15) is 0 Å². The summed E-state index contributed by atoms with van der Waals surface area (Å²) in [6, 6.07) is 1.37. The molecule has 17 heavy (non-hydrogen) atoms. The summed E-state index contributed by atoms with van der Waals surface area (Å²) in [5, 5.41) is 3.16. The number of hydrogen-bond donors (Lipinski definition) is 1. The van der Waals surface area contributed by atoms with Crippen molar-refractivity contribution in [1.82, 2.24) is 10.3 Å². The van der Waals surface area contributed by atoms with Crippen molar-refractivity contribution < 1.29 is 13.9 Å². The van der Waals surface area contributed by atoms with Crippen LogP contribution in [0.3, 0.4) is 0 Å². The number of halogens is 1. The number of esters is 1. The van der Waals surface area contributed by atoms with Crippen molar-refractivity contribution in [2.45, 2.75) is 25.8 Å². The number of pyridine rings is 1. The van der Waals surface area contributed by atoms with Gasteiger partial charge in [-0.1, -0.05) is 6.92 Å². The van der Waals surface area contributed by atoms with Gasteiger partial charge in [0.2, 0.25) is 0 Å². The summed E-state index contributed by atoms with van der Waals surface area (Å²) in [7, 11) is 1.33. The lowest BCUT2D eigenvalue weighted by Gasteiger charge is -2.29. The number of methoxy groups -OCH3 is 1. The monoisotopic (exact) mass is 240 g/mol. The van der Waals surface area contributed by atoms with Crippen LogP contribution in [0.2, 0.25) is 0 Å². The van der Waals surface area contributed by atoms with E-state index in [2.05, 4.69) is 15.0 Å². The fourth-order valence-electron chi connectivity index (χ4n) is 1.73. The highest BCUT2D eigenvalue weighted by Gasteiger charge is 2.29. The number of carbonyl (C=O) groups excluding carboxylic acids is 1. The van der Waals surface area contributed by atoms with Crippen LogP contribution in [0.25, 0.3) is 0 Å². The van der Waals surface area contributed by atoms with E-state index in [9.17, 15) is 9.18 Å². The van der Waals surface area contributed by atoms with E-state index in [1.165, 1.54) is 13.2 Å². The zero-order chi connectivity index (χ0) is 12.9. The molecule has 1 N–H and O–H groups in total. The number of rotatable bonds is 5. The molecule has 4 nitrogen and oxygen atoms in total. The predicted octanol–water partition coefficient (Wildman–Crippen LogP) is 1.61. The molecule has 0 amide bonds. The summed E-state index contributed by atoms with van der Waals surface area (Å²) in [6.45, 7) is 4.40. The van der Waals surface area contributed by atoms with Gasteiger partial charge in [-0.3, -0.25) is 9.78 Å². The molecule has 1 aromatic heterocycles. The Morgan fingerprint density at radius 2 is 2.29 bits per heavy atom. The van der Waals surface area contributed by atoms with Crippen LogP contribution < -0.4 is 5.32 Å². The summed E-state index contributed by atoms with van der Waals surface area (Å²) in [6.07, 6.45) is 2.81. The molecule has 1 aromatic rings. The second-order valence-electron chi connectivity index (χ2n) is 4.01. The van der Waals surface area contributed by atoms with E-state index < -0.39 is 11.4 Å². The standard InChI is InChI=1S/C12H17FN2O2/c1-4-15-12(2,6-11(16)17-3)9-5-10(13)8-14-7-9/h5,7-8,15H,4,6H2,1-3H3. The first-order valence-corrected chi connectivity index (χ1v) is 5.44. The third-order valence-corrected chi connectivity index (χ3v) is 2.63. The predicted molar refractivity (Wildman–Crippen MR) is 61.9 cm³/mol. The number of aromatic nitrogens is 1. The van der Waals surface area contributed by atoms with Crippen molar-refractivity contribution >= 4 is 5.97 Å². The lowest BCUT2D eigenvalue weighted by Crippen LogP contribution is -2.41. The summed E-state index contributed by atoms with van der Waals surface area (Å²) in [5.74, 6) is -0.769. The number of nitrogens with zero attached hydrogens (tertiary/aromatic N) is 1. The van der Waals surface area contributed by atoms with E-state index in [0.29, 0.717) is 12.1 Å². The molecule has 1 unspecified atom stereocenters. The summed E-state index contributed by atoms with van der Waals surface area (Å²) >= 11 is 0. The van der Waals surface area contributed by atoms with Crippen molar-refractivity contribution in [3.05, 3.63) is 29.8 Å². The quantitative estimate of drug-likeness (QED) is 0.794. The number of ether oxygens (including phenoxy) is 1. The third-order valence-electron chi connectivity index (χ3n) is 2.63. The maximum atomic E-state index is 13.2. The minimum atomic E-state index is -0.670. The van der Waals surface area contributed by atoms with Gasteiger partial charge in [-0.05, 0) is 25.1 Å². The van der Waals surface area contributed by atoms with Crippen LogP contribution in [0.15, 0.2) is 18.5 Å². The van der Waals surface area contributed by atoms with E-state index in [-0.39, 0.29) is 12.4 Å². The molecule has 0 aliphatic carbocycles. The molecule has 0 saturated heterocycles. The molecule has 1 rings (SSSR count). The third kappa shape index (κ3) is 3.49. The van der Waals surface area contributed by atoms with Gasteiger partial charge in [0.1, 0.15) is 5.82 Å². The van der Waals surface area contributed by atoms with E-state index in [4.69, 9.17) is 0 Å². The Hall–Kier alpha value is -1.49. The minimum absolute atomic E-state index is 0.127. The van der Waals surface area contributed by atoms with Gasteiger partial charge in [0.15, 0.2) is 0 Å². The number of nitrogens with one attached hydrogen (secondary N) is 1. The minimum Gasteiger partial charge on any atom is -0.469 e. The Morgan fingerprint density at radius 1 is 1.59 bits per heavy atom. The lowest BCUT2D eigenvalue weighted by atomic mass is 9.89.